The Labute approximate surface area is 178 Å². The number of non-ortho nitro benzene ring substituents is 1. The molecule has 0 spiro atoms. The molecule has 30 heavy (non-hydrogen) atoms. The fourth-order valence-electron chi connectivity index (χ4n) is 2.73. The number of ether oxygens (including phenoxy) is 1. The van der Waals surface area contributed by atoms with E-state index in [4.69, 9.17) is 17.0 Å². The lowest BCUT2D eigenvalue weighted by atomic mass is 10.1. The van der Waals surface area contributed by atoms with E-state index in [-0.39, 0.29) is 10.8 Å². The molecule has 0 aliphatic carbocycles. The number of hydrogen-bond acceptors (Lipinski definition) is 5. The van der Waals surface area contributed by atoms with Crippen molar-refractivity contribution in [3.63, 3.8) is 0 Å². The summed E-state index contributed by atoms with van der Waals surface area (Å²) in [6.45, 7) is 0.421. The van der Waals surface area contributed by atoms with Gasteiger partial charge >= 0.3 is 0 Å². The van der Waals surface area contributed by atoms with Gasteiger partial charge in [-0.3, -0.25) is 20.2 Å². The molecule has 8 heteroatoms. The van der Waals surface area contributed by atoms with Crippen LogP contribution in [-0.2, 0) is 6.42 Å². The number of carbonyl (C=O) groups is 1. The molecule has 3 rings (SSSR count). The molecule has 0 heterocycles. The summed E-state index contributed by atoms with van der Waals surface area (Å²) in [6, 6.07) is 22.6. The lowest BCUT2D eigenvalue weighted by molar-refractivity contribution is -0.384. The molecule has 0 radical (unpaired) electrons. The van der Waals surface area contributed by atoms with E-state index >= 15 is 0 Å². The van der Waals surface area contributed by atoms with E-state index in [9.17, 15) is 14.9 Å². The maximum atomic E-state index is 12.6. The van der Waals surface area contributed by atoms with E-state index in [0.29, 0.717) is 30.0 Å². The van der Waals surface area contributed by atoms with Crippen molar-refractivity contribution >= 4 is 34.6 Å². The third-order valence-electron chi connectivity index (χ3n) is 4.16. The average Bonchev–Trinajstić information content (AvgIpc) is 2.75. The first-order valence-corrected chi connectivity index (χ1v) is 9.56. The zero-order valence-electron chi connectivity index (χ0n) is 15.9. The second-order valence-electron chi connectivity index (χ2n) is 6.30. The molecule has 0 saturated heterocycles. The van der Waals surface area contributed by atoms with Gasteiger partial charge in [0.05, 0.1) is 17.1 Å². The molecule has 0 saturated carbocycles. The van der Waals surface area contributed by atoms with Crippen LogP contribution < -0.4 is 15.4 Å². The summed E-state index contributed by atoms with van der Waals surface area (Å²) in [5, 5.41) is 16.3. The van der Waals surface area contributed by atoms with Gasteiger partial charge in [-0.2, -0.15) is 0 Å². The largest absolute Gasteiger partial charge is 0.492 e. The Balaban J connectivity index is 1.60. The summed E-state index contributed by atoms with van der Waals surface area (Å²) in [7, 11) is 0. The topological polar surface area (TPSA) is 93.5 Å². The Bertz CT molecular complexity index is 1060. The first kappa shape index (κ1) is 20.9. The van der Waals surface area contributed by atoms with Gasteiger partial charge in [0.25, 0.3) is 11.6 Å². The first-order valence-electron chi connectivity index (χ1n) is 9.15. The van der Waals surface area contributed by atoms with Crippen molar-refractivity contribution in [2.75, 3.05) is 11.9 Å². The minimum atomic E-state index is -0.504. The molecule has 1 amide bonds. The Hall–Kier alpha value is -3.78. The molecule has 0 aromatic heterocycles. The number of nitrogens with zero attached hydrogens (tertiary/aromatic N) is 1. The Kier molecular flexibility index (Phi) is 7.07. The molecular weight excluding hydrogens is 402 g/mol. The van der Waals surface area contributed by atoms with E-state index in [1.807, 2.05) is 30.3 Å². The summed E-state index contributed by atoms with van der Waals surface area (Å²) >= 11 is 5.16. The van der Waals surface area contributed by atoms with Crippen LogP contribution in [0.1, 0.15) is 15.9 Å². The molecule has 2 N–H and O–H groups in total. The van der Waals surface area contributed by atoms with E-state index in [2.05, 4.69) is 10.6 Å². The predicted molar refractivity (Wildman–Crippen MR) is 119 cm³/mol. The van der Waals surface area contributed by atoms with Crippen molar-refractivity contribution in [3.05, 3.63) is 100 Å². The fourth-order valence-corrected chi connectivity index (χ4v) is 2.94. The van der Waals surface area contributed by atoms with Gasteiger partial charge in [0, 0.05) is 24.2 Å². The SMILES string of the molecule is O=C(NC(=S)Nc1cccc([N+](=O)[O-])c1)c1ccccc1OCCc1ccccc1. The fraction of sp³-hybridized carbons (Fsp3) is 0.0909. The van der Waals surface area contributed by atoms with E-state index in [1.54, 1.807) is 30.3 Å². The molecule has 0 aliphatic rings. The smallest absolute Gasteiger partial charge is 0.271 e. The van der Waals surface area contributed by atoms with Gasteiger partial charge in [-0.25, -0.2) is 0 Å². The second kappa shape index (κ2) is 10.1. The summed E-state index contributed by atoms with van der Waals surface area (Å²) < 4.78 is 5.80. The number of amides is 1. The minimum absolute atomic E-state index is 0.0274. The van der Waals surface area contributed by atoms with Crippen LogP contribution in [0.15, 0.2) is 78.9 Å². The van der Waals surface area contributed by atoms with Gasteiger partial charge in [0.15, 0.2) is 5.11 Å². The monoisotopic (exact) mass is 421 g/mol. The lowest BCUT2D eigenvalue weighted by Gasteiger charge is -2.13. The van der Waals surface area contributed by atoms with Crippen LogP contribution in [0.3, 0.4) is 0 Å². The quantitative estimate of drug-likeness (QED) is 0.335. The van der Waals surface area contributed by atoms with Crippen LogP contribution in [0.5, 0.6) is 5.75 Å². The molecule has 3 aromatic rings. The lowest BCUT2D eigenvalue weighted by Crippen LogP contribution is -2.34. The highest BCUT2D eigenvalue weighted by molar-refractivity contribution is 7.80. The number of carbonyl (C=O) groups excluding carboxylic acids is 1. The molecule has 0 fully saturated rings. The van der Waals surface area contributed by atoms with Gasteiger partial charge in [-0.05, 0) is 36.0 Å². The molecule has 3 aromatic carbocycles. The van der Waals surface area contributed by atoms with Gasteiger partial charge in [-0.15, -0.1) is 0 Å². The van der Waals surface area contributed by atoms with Crippen molar-refractivity contribution < 1.29 is 14.5 Å². The van der Waals surface area contributed by atoms with Gasteiger partial charge in [0.1, 0.15) is 5.75 Å². The van der Waals surface area contributed by atoms with Gasteiger partial charge in [-0.1, -0.05) is 48.5 Å². The third-order valence-corrected chi connectivity index (χ3v) is 4.37. The van der Waals surface area contributed by atoms with E-state index in [1.165, 1.54) is 18.2 Å². The average molecular weight is 421 g/mol. The summed E-state index contributed by atoms with van der Waals surface area (Å²) in [6.07, 6.45) is 0.712. The number of para-hydroxylation sites is 1. The van der Waals surface area contributed by atoms with Crippen LogP contribution >= 0.6 is 12.2 Å². The molecule has 0 bridgehead atoms. The normalized spacial score (nSPS) is 10.1. The van der Waals surface area contributed by atoms with Crippen molar-refractivity contribution in [1.29, 1.82) is 0 Å². The van der Waals surface area contributed by atoms with Crippen LogP contribution in [0, 0.1) is 10.1 Å². The highest BCUT2D eigenvalue weighted by atomic mass is 32.1. The zero-order valence-corrected chi connectivity index (χ0v) is 16.7. The van der Waals surface area contributed by atoms with Crippen molar-refractivity contribution in [2.24, 2.45) is 0 Å². The Morgan fingerprint density at radius 3 is 2.50 bits per heavy atom. The highest BCUT2D eigenvalue weighted by Gasteiger charge is 2.14. The Morgan fingerprint density at radius 2 is 1.73 bits per heavy atom. The molecular formula is C22H19N3O4S. The van der Waals surface area contributed by atoms with Crippen molar-refractivity contribution in [1.82, 2.24) is 5.32 Å². The predicted octanol–water partition coefficient (Wildman–Crippen LogP) is 4.34. The number of rotatable bonds is 7. The van der Waals surface area contributed by atoms with E-state index < -0.39 is 10.8 Å². The highest BCUT2D eigenvalue weighted by Crippen LogP contribution is 2.19. The number of nitro groups is 1. The molecule has 152 valence electrons. The molecule has 0 unspecified atom stereocenters. The summed E-state index contributed by atoms with van der Waals surface area (Å²) in [5.41, 5.74) is 1.81. The van der Waals surface area contributed by atoms with E-state index in [0.717, 1.165) is 5.56 Å². The Morgan fingerprint density at radius 1 is 1.00 bits per heavy atom. The summed E-state index contributed by atoms with van der Waals surface area (Å²) in [5.74, 6) is 0.0114. The summed E-state index contributed by atoms with van der Waals surface area (Å²) in [4.78, 5) is 23.0. The maximum Gasteiger partial charge on any atom is 0.271 e. The van der Waals surface area contributed by atoms with Crippen LogP contribution in [0.4, 0.5) is 11.4 Å². The standard InChI is InChI=1S/C22H19N3O4S/c26-21(24-22(30)23-17-9-6-10-18(15-17)25(27)28)19-11-4-5-12-20(19)29-14-13-16-7-2-1-3-8-16/h1-12,15H,13-14H2,(H2,23,24,26,30). The van der Waals surface area contributed by atoms with Crippen LogP contribution in [0.25, 0.3) is 0 Å². The maximum absolute atomic E-state index is 12.6. The molecule has 0 aliphatic heterocycles. The van der Waals surface area contributed by atoms with Crippen LogP contribution in [-0.4, -0.2) is 22.5 Å². The molecule has 0 atom stereocenters. The number of nitro benzene ring substituents is 1. The number of nitrogens with one attached hydrogen (secondary N) is 2. The minimum Gasteiger partial charge on any atom is -0.492 e. The van der Waals surface area contributed by atoms with Crippen molar-refractivity contribution in [2.45, 2.75) is 6.42 Å². The van der Waals surface area contributed by atoms with Crippen molar-refractivity contribution in [3.8, 4) is 5.75 Å². The number of anilines is 1. The number of hydrogen-bond donors (Lipinski definition) is 2. The van der Waals surface area contributed by atoms with Crippen LogP contribution in [0.2, 0.25) is 0 Å². The van der Waals surface area contributed by atoms with Gasteiger partial charge < -0.3 is 10.1 Å². The molecule has 7 nitrogen and oxygen atoms in total. The zero-order chi connectivity index (χ0) is 21.3. The first-order chi connectivity index (χ1) is 14.5. The van der Waals surface area contributed by atoms with Gasteiger partial charge in [0.2, 0.25) is 0 Å². The number of thiocarbonyl (C=S) groups is 1. The number of benzene rings is 3. The third kappa shape index (κ3) is 5.86. The second-order valence-corrected chi connectivity index (χ2v) is 6.70.